The molecule has 15 heavy (non-hydrogen) atoms. The molecule has 1 fully saturated rings. The van der Waals surface area contributed by atoms with Crippen LogP contribution in [0.3, 0.4) is 0 Å². The van der Waals surface area contributed by atoms with Crippen LogP contribution in [0.5, 0.6) is 0 Å². The Balaban J connectivity index is 1.68. The summed E-state index contributed by atoms with van der Waals surface area (Å²) in [6.07, 6.45) is 12.3. The second-order valence-corrected chi connectivity index (χ2v) is 4.47. The Morgan fingerprint density at radius 3 is 3.07 bits per heavy atom. The normalized spacial score (nSPS) is 29.7. The third-order valence-corrected chi connectivity index (χ3v) is 3.37. The van der Waals surface area contributed by atoms with Crippen LogP contribution in [-0.4, -0.2) is 41.9 Å². The zero-order valence-electron chi connectivity index (χ0n) is 8.97. The lowest BCUT2D eigenvalue weighted by atomic mass is 10.1. The molecule has 0 amide bonds. The average Bonchev–Trinajstić information content (AvgIpc) is 2.89. The van der Waals surface area contributed by atoms with E-state index in [-0.39, 0.29) is 0 Å². The number of hydrogen-bond acceptors (Lipinski definition) is 3. The molecular weight excluding hydrogens is 186 g/mol. The van der Waals surface area contributed by atoms with E-state index in [1.54, 1.807) is 0 Å². The van der Waals surface area contributed by atoms with Gasteiger partial charge in [-0.2, -0.15) is 0 Å². The maximum absolute atomic E-state index is 4.54. The van der Waals surface area contributed by atoms with Crippen molar-refractivity contribution in [1.82, 2.24) is 9.80 Å². The predicted molar refractivity (Wildman–Crippen MR) is 61.6 cm³/mol. The Bertz CT molecular complexity index is 324. The van der Waals surface area contributed by atoms with Crippen molar-refractivity contribution in [2.75, 3.05) is 19.8 Å². The fourth-order valence-corrected chi connectivity index (χ4v) is 2.52. The first kappa shape index (κ1) is 9.16. The monoisotopic (exact) mass is 203 g/mol. The van der Waals surface area contributed by atoms with Gasteiger partial charge in [0.15, 0.2) is 0 Å². The van der Waals surface area contributed by atoms with Crippen LogP contribution >= 0.6 is 0 Å². The average molecular weight is 203 g/mol. The Morgan fingerprint density at radius 1 is 1.33 bits per heavy atom. The van der Waals surface area contributed by atoms with Crippen molar-refractivity contribution in [3.63, 3.8) is 0 Å². The van der Waals surface area contributed by atoms with Crippen LogP contribution in [0.4, 0.5) is 0 Å². The molecule has 0 bridgehead atoms. The molecule has 3 aliphatic rings. The Labute approximate surface area is 90.8 Å². The summed E-state index contributed by atoms with van der Waals surface area (Å²) in [6.45, 7) is 3.52. The molecule has 1 saturated heterocycles. The molecule has 0 aromatic rings. The first-order chi connectivity index (χ1) is 7.43. The molecule has 3 nitrogen and oxygen atoms in total. The highest BCUT2D eigenvalue weighted by molar-refractivity contribution is 5.64. The van der Waals surface area contributed by atoms with Gasteiger partial charge in [-0.05, 0) is 38.4 Å². The standard InChI is InChI=1S/C12H17N3/c1-2-6-12-11(5-1)13-9-15(12)10-14-7-3-4-8-14/h1-2,6,9,11H,3-5,7-8,10H2. The van der Waals surface area contributed by atoms with E-state index in [9.17, 15) is 0 Å². The van der Waals surface area contributed by atoms with E-state index in [1.165, 1.54) is 31.6 Å². The van der Waals surface area contributed by atoms with Gasteiger partial charge >= 0.3 is 0 Å². The molecule has 0 N–H and O–H groups in total. The molecule has 0 aromatic carbocycles. The van der Waals surface area contributed by atoms with Gasteiger partial charge in [-0.1, -0.05) is 12.2 Å². The second kappa shape index (κ2) is 3.81. The lowest BCUT2D eigenvalue weighted by Crippen LogP contribution is -2.34. The van der Waals surface area contributed by atoms with Crippen molar-refractivity contribution in [2.24, 2.45) is 4.99 Å². The lowest BCUT2D eigenvalue weighted by molar-refractivity contribution is 0.254. The van der Waals surface area contributed by atoms with Gasteiger partial charge in [-0.25, -0.2) is 0 Å². The van der Waals surface area contributed by atoms with Gasteiger partial charge in [0, 0.05) is 5.70 Å². The summed E-state index contributed by atoms with van der Waals surface area (Å²) < 4.78 is 0. The topological polar surface area (TPSA) is 18.8 Å². The zero-order valence-corrected chi connectivity index (χ0v) is 8.97. The molecule has 80 valence electrons. The largest absolute Gasteiger partial charge is 0.321 e. The van der Waals surface area contributed by atoms with E-state index in [0.717, 1.165) is 13.1 Å². The summed E-state index contributed by atoms with van der Waals surface area (Å²) in [5.41, 5.74) is 1.38. The Kier molecular flexibility index (Phi) is 2.33. The molecule has 0 spiro atoms. The third kappa shape index (κ3) is 1.72. The summed E-state index contributed by atoms with van der Waals surface area (Å²) >= 11 is 0. The number of likely N-dealkylation sites (tertiary alicyclic amines) is 1. The van der Waals surface area contributed by atoms with E-state index < -0.39 is 0 Å². The van der Waals surface area contributed by atoms with Crippen LogP contribution in [0, 0.1) is 0 Å². The van der Waals surface area contributed by atoms with Crippen LogP contribution in [0.15, 0.2) is 28.9 Å². The molecule has 1 unspecified atom stereocenters. The maximum atomic E-state index is 4.54. The highest BCUT2D eigenvalue weighted by Gasteiger charge is 2.26. The van der Waals surface area contributed by atoms with Crippen molar-refractivity contribution >= 4 is 6.34 Å². The lowest BCUT2D eigenvalue weighted by Gasteiger charge is -2.26. The molecule has 3 rings (SSSR count). The van der Waals surface area contributed by atoms with E-state index in [2.05, 4.69) is 33.0 Å². The van der Waals surface area contributed by atoms with Gasteiger partial charge in [0.2, 0.25) is 0 Å². The van der Waals surface area contributed by atoms with Crippen LogP contribution in [-0.2, 0) is 0 Å². The SMILES string of the molecule is C1=CCC2N=CN(CN3CCCC3)C2=C1. The number of hydrogen-bond donors (Lipinski definition) is 0. The van der Waals surface area contributed by atoms with Gasteiger partial charge in [0.25, 0.3) is 0 Å². The highest BCUT2D eigenvalue weighted by Crippen LogP contribution is 2.25. The Hall–Kier alpha value is -1.09. The second-order valence-electron chi connectivity index (χ2n) is 4.47. The van der Waals surface area contributed by atoms with Gasteiger partial charge in [0.1, 0.15) is 0 Å². The van der Waals surface area contributed by atoms with Crippen LogP contribution in [0.1, 0.15) is 19.3 Å². The number of rotatable bonds is 2. The van der Waals surface area contributed by atoms with E-state index >= 15 is 0 Å². The molecule has 2 aliphatic heterocycles. The van der Waals surface area contributed by atoms with Crippen LogP contribution < -0.4 is 0 Å². The van der Waals surface area contributed by atoms with E-state index in [0.29, 0.717) is 6.04 Å². The maximum Gasteiger partial charge on any atom is 0.0952 e. The summed E-state index contributed by atoms with van der Waals surface area (Å²) in [5.74, 6) is 0. The number of aliphatic imine (C=N–C) groups is 1. The molecule has 0 radical (unpaired) electrons. The minimum atomic E-state index is 0.401. The van der Waals surface area contributed by atoms with Gasteiger partial charge < -0.3 is 4.90 Å². The predicted octanol–water partition coefficient (Wildman–Crippen LogP) is 1.60. The van der Waals surface area contributed by atoms with Gasteiger partial charge in [0.05, 0.1) is 19.0 Å². The van der Waals surface area contributed by atoms with Crippen molar-refractivity contribution in [3.05, 3.63) is 23.9 Å². The Morgan fingerprint density at radius 2 is 2.20 bits per heavy atom. The highest BCUT2D eigenvalue weighted by atomic mass is 15.4. The van der Waals surface area contributed by atoms with Crippen LogP contribution in [0.2, 0.25) is 0 Å². The van der Waals surface area contributed by atoms with Crippen LogP contribution in [0.25, 0.3) is 0 Å². The minimum absolute atomic E-state index is 0.401. The summed E-state index contributed by atoms with van der Waals surface area (Å²) in [7, 11) is 0. The van der Waals surface area contributed by atoms with Gasteiger partial charge in [-0.15, -0.1) is 0 Å². The van der Waals surface area contributed by atoms with Crippen molar-refractivity contribution < 1.29 is 0 Å². The van der Waals surface area contributed by atoms with Crippen molar-refractivity contribution in [3.8, 4) is 0 Å². The molecule has 0 aromatic heterocycles. The number of allylic oxidation sites excluding steroid dienone is 2. The zero-order chi connectivity index (χ0) is 10.1. The van der Waals surface area contributed by atoms with Gasteiger partial charge in [-0.3, -0.25) is 9.89 Å². The summed E-state index contributed by atoms with van der Waals surface area (Å²) in [6, 6.07) is 0.401. The smallest absolute Gasteiger partial charge is 0.0952 e. The quantitative estimate of drug-likeness (QED) is 0.679. The van der Waals surface area contributed by atoms with E-state index in [1.807, 2.05) is 6.34 Å². The molecule has 2 heterocycles. The van der Waals surface area contributed by atoms with Crippen molar-refractivity contribution in [2.45, 2.75) is 25.3 Å². The minimum Gasteiger partial charge on any atom is -0.321 e. The third-order valence-electron chi connectivity index (χ3n) is 3.37. The fourth-order valence-electron chi connectivity index (χ4n) is 2.52. The molecule has 1 aliphatic carbocycles. The number of fused-ring (bicyclic) bond motifs is 1. The first-order valence-electron chi connectivity index (χ1n) is 5.82. The fraction of sp³-hybridized carbons (Fsp3) is 0.583. The summed E-state index contributed by atoms with van der Waals surface area (Å²) in [4.78, 5) is 9.35. The number of nitrogens with zero attached hydrogens (tertiary/aromatic N) is 3. The molecule has 0 saturated carbocycles. The van der Waals surface area contributed by atoms with E-state index in [4.69, 9.17) is 0 Å². The molecule has 3 heteroatoms. The van der Waals surface area contributed by atoms with Crippen molar-refractivity contribution in [1.29, 1.82) is 0 Å². The summed E-state index contributed by atoms with van der Waals surface area (Å²) in [5, 5.41) is 0. The first-order valence-corrected chi connectivity index (χ1v) is 5.82. The molecular formula is C12H17N3. The molecule has 1 atom stereocenters.